The molecule has 2 rings (SSSR count). The second-order valence-corrected chi connectivity index (χ2v) is 3.91. The molecule has 0 aromatic carbocycles. The number of nitrogens with zero attached hydrogens (tertiary/aromatic N) is 2. The second kappa shape index (κ2) is 6.66. The molecule has 0 atom stereocenters. The van der Waals surface area contributed by atoms with E-state index in [9.17, 15) is 0 Å². The highest BCUT2D eigenvalue weighted by molar-refractivity contribution is 7.80. The Hall–Kier alpha value is -2.01. The van der Waals surface area contributed by atoms with Crippen molar-refractivity contribution in [2.45, 2.75) is 0 Å². The lowest BCUT2D eigenvalue weighted by molar-refractivity contribution is 0.935. The smallest absolute Gasteiger partial charge is 0.207 e. The molecule has 0 aliphatic heterocycles. The number of nitrogens with one attached hydrogen (secondary N) is 2. The average Bonchev–Trinajstić information content (AvgIpc) is 3.01. The zero-order valence-corrected chi connectivity index (χ0v) is 10.4. The standard InChI is InChI=1S/C13H12N4S/c18-13(16-14-9-11-5-1-2-6-11)17-15-10-12-7-3-4-8-12/h1-10H,(H2,16,17,18)/b14-9+,15-10+. The predicted molar refractivity (Wildman–Crippen MR) is 78.9 cm³/mol. The van der Waals surface area contributed by atoms with Crippen LogP contribution in [0.2, 0.25) is 0 Å². The SMILES string of the molecule is S=C(N/N=C/C1=C[CH]C=C1)N/N=C/C1=C[CH]C=C1. The highest BCUT2D eigenvalue weighted by atomic mass is 32.1. The van der Waals surface area contributed by atoms with E-state index in [4.69, 9.17) is 12.2 Å². The summed E-state index contributed by atoms with van der Waals surface area (Å²) in [7, 11) is 0. The minimum atomic E-state index is 0.348. The number of hydrazone groups is 2. The van der Waals surface area contributed by atoms with Gasteiger partial charge in [-0.15, -0.1) is 0 Å². The Kier molecular flexibility index (Phi) is 4.60. The van der Waals surface area contributed by atoms with Crippen LogP contribution in [-0.4, -0.2) is 17.5 Å². The Balaban J connectivity index is 1.69. The van der Waals surface area contributed by atoms with Gasteiger partial charge >= 0.3 is 0 Å². The van der Waals surface area contributed by atoms with Crippen molar-refractivity contribution in [3.05, 3.63) is 60.4 Å². The molecule has 4 nitrogen and oxygen atoms in total. The van der Waals surface area contributed by atoms with Crippen LogP contribution in [0.4, 0.5) is 0 Å². The summed E-state index contributed by atoms with van der Waals surface area (Å²) >= 11 is 4.99. The van der Waals surface area contributed by atoms with Gasteiger partial charge in [-0.2, -0.15) is 10.2 Å². The summed E-state index contributed by atoms with van der Waals surface area (Å²) in [6.45, 7) is 0. The maximum Gasteiger partial charge on any atom is 0.207 e. The maximum atomic E-state index is 4.99. The van der Waals surface area contributed by atoms with Gasteiger partial charge in [0.25, 0.3) is 0 Å². The Bertz CT molecular complexity index is 451. The molecule has 2 aliphatic rings. The Morgan fingerprint density at radius 3 is 1.83 bits per heavy atom. The Morgan fingerprint density at radius 1 is 0.944 bits per heavy atom. The fraction of sp³-hybridized carbons (Fsp3) is 0. The lowest BCUT2D eigenvalue weighted by Crippen LogP contribution is -2.28. The van der Waals surface area contributed by atoms with Gasteiger partial charge in [0.15, 0.2) is 0 Å². The quantitative estimate of drug-likeness (QED) is 0.458. The first-order chi connectivity index (χ1) is 8.84. The number of hydrogen-bond acceptors (Lipinski definition) is 3. The molecule has 90 valence electrons. The molecule has 0 aromatic rings. The second-order valence-electron chi connectivity index (χ2n) is 3.51. The summed E-state index contributed by atoms with van der Waals surface area (Å²) in [6, 6.07) is 0. The van der Waals surface area contributed by atoms with Gasteiger partial charge in [0, 0.05) is 12.8 Å². The van der Waals surface area contributed by atoms with E-state index >= 15 is 0 Å². The summed E-state index contributed by atoms with van der Waals surface area (Å²) in [5.41, 5.74) is 7.39. The van der Waals surface area contributed by atoms with Gasteiger partial charge in [-0.25, -0.2) is 0 Å². The van der Waals surface area contributed by atoms with Crippen LogP contribution in [0, 0.1) is 12.8 Å². The third-order valence-electron chi connectivity index (χ3n) is 2.14. The topological polar surface area (TPSA) is 48.8 Å². The van der Waals surface area contributed by atoms with E-state index < -0.39 is 0 Å². The summed E-state index contributed by atoms with van der Waals surface area (Å²) < 4.78 is 0. The molecule has 0 heterocycles. The van der Waals surface area contributed by atoms with Crippen molar-refractivity contribution >= 4 is 29.8 Å². The van der Waals surface area contributed by atoms with E-state index in [1.807, 2.05) is 49.3 Å². The zero-order valence-electron chi connectivity index (χ0n) is 9.58. The van der Waals surface area contributed by atoms with Gasteiger partial charge in [0.2, 0.25) is 5.11 Å². The summed E-state index contributed by atoms with van der Waals surface area (Å²) in [5, 5.41) is 8.30. The predicted octanol–water partition coefficient (Wildman–Crippen LogP) is 1.82. The van der Waals surface area contributed by atoms with Crippen LogP contribution in [0.25, 0.3) is 0 Å². The zero-order chi connectivity index (χ0) is 12.6. The van der Waals surface area contributed by atoms with Crippen molar-refractivity contribution in [3.63, 3.8) is 0 Å². The van der Waals surface area contributed by atoms with Crippen molar-refractivity contribution in [2.24, 2.45) is 10.2 Å². The first-order valence-corrected chi connectivity index (χ1v) is 5.81. The molecule has 0 bridgehead atoms. The summed E-state index contributed by atoms with van der Waals surface area (Å²) in [5.74, 6) is 0. The fourth-order valence-electron chi connectivity index (χ4n) is 1.31. The molecule has 2 aliphatic carbocycles. The van der Waals surface area contributed by atoms with E-state index in [2.05, 4.69) is 21.1 Å². The molecule has 0 fully saturated rings. The van der Waals surface area contributed by atoms with E-state index in [1.54, 1.807) is 12.4 Å². The molecule has 2 radical (unpaired) electrons. The minimum absolute atomic E-state index is 0.348. The molecular formula is C13H12N4S. The highest BCUT2D eigenvalue weighted by Crippen LogP contribution is 2.04. The van der Waals surface area contributed by atoms with Crippen LogP contribution in [-0.2, 0) is 0 Å². The van der Waals surface area contributed by atoms with Crippen LogP contribution >= 0.6 is 12.2 Å². The minimum Gasteiger partial charge on any atom is -0.252 e. The third-order valence-corrected chi connectivity index (χ3v) is 2.32. The van der Waals surface area contributed by atoms with Crippen molar-refractivity contribution in [2.75, 3.05) is 0 Å². The maximum absolute atomic E-state index is 4.99. The number of thiocarbonyl (C=S) groups is 1. The molecule has 0 unspecified atom stereocenters. The number of rotatable bonds is 4. The molecular weight excluding hydrogens is 244 g/mol. The highest BCUT2D eigenvalue weighted by Gasteiger charge is 1.95. The van der Waals surface area contributed by atoms with Crippen LogP contribution in [0.3, 0.4) is 0 Å². The molecule has 0 saturated carbocycles. The number of allylic oxidation sites excluding steroid dienone is 8. The molecule has 2 N–H and O–H groups in total. The number of hydrogen-bond donors (Lipinski definition) is 2. The molecule has 18 heavy (non-hydrogen) atoms. The monoisotopic (exact) mass is 256 g/mol. The van der Waals surface area contributed by atoms with Gasteiger partial charge < -0.3 is 0 Å². The summed E-state index contributed by atoms with van der Waals surface area (Å²) in [4.78, 5) is 0. The van der Waals surface area contributed by atoms with Crippen molar-refractivity contribution in [1.29, 1.82) is 0 Å². The molecule has 5 heteroatoms. The largest absolute Gasteiger partial charge is 0.252 e. The van der Waals surface area contributed by atoms with E-state index in [0.29, 0.717) is 5.11 Å². The normalized spacial score (nSPS) is 17.6. The van der Waals surface area contributed by atoms with Crippen LogP contribution in [0.1, 0.15) is 0 Å². The fourth-order valence-corrected chi connectivity index (χ4v) is 1.41. The average molecular weight is 256 g/mol. The first-order valence-electron chi connectivity index (χ1n) is 5.40. The van der Waals surface area contributed by atoms with E-state index in [0.717, 1.165) is 11.1 Å². The Labute approximate surface area is 112 Å². The van der Waals surface area contributed by atoms with Crippen molar-refractivity contribution < 1.29 is 0 Å². The lowest BCUT2D eigenvalue weighted by Gasteiger charge is -2.00. The van der Waals surface area contributed by atoms with Gasteiger partial charge in [-0.1, -0.05) is 36.5 Å². The molecule has 0 aromatic heterocycles. The van der Waals surface area contributed by atoms with Crippen LogP contribution in [0.5, 0.6) is 0 Å². The molecule has 0 amide bonds. The van der Waals surface area contributed by atoms with Gasteiger partial charge in [-0.05, 0) is 23.4 Å². The van der Waals surface area contributed by atoms with Gasteiger partial charge in [-0.3, -0.25) is 10.9 Å². The Morgan fingerprint density at radius 2 is 1.44 bits per heavy atom. The van der Waals surface area contributed by atoms with Gasteiger partial charge in [0.05, 0.1) is 12.4 Å². The van der Waals surface area contributed by atoms with Crippen molar-refractivity contribution in [3.8, 4) is 0 Å². The third kappa shape index (κ3) is 4.10. The van der Waals surface area contributed by atoms with E-state index in [-0.39, 0.29) is 0 Å². The molecule has 0 saturated heterocycles. The lowest BCUT2D eigenvalue weighted by atomic mass is 10.3. The van der Waals surface area contributed by atoms with Crippen LogP contribution in [0.15, 0.2) is 57.8 Å². The summed E-state index contributed by atoms with van der Waals surface area (Å²) in [6.07, 6.45) is 19.0. The van der Waals surface area contributed by atoms with E-state index in [1.165, 1.54) is 0 Å². The molecule has 0 spiro atoms. The first kappa shape index (κ1) is 12.4. The van der Waals surface area contributed by atoms with Crippen LogP contribution < -0.4 is 10.9 Å². The van der Waals surface area contributed by atoms with Crippen molar-refractivity contribution in [1.82, 2.24) is 10.9 Å². The van der Waals surface area contributed by atoms with Gasteiger partial charge in [0.1, 0.15) is 0 Å².